The Balaban J connectivity index is 1.79. The van der Waals surface area contributed by atoms with Crippen molar-refractivity contribution in [2.45, 2.75) is 11.9 Å². The summed E-state index contributed by atoms with van der Waals surface area (Å²) in [7, 11) is 0. The summed E-state index contributed by atoms with van der Waals surface area (Å²) in [5.74, 6) is 0.902. The van der Waals surface area contributed by atoms with Gasteiger partial charge < -0.3 is 4.74 Å². The molecule has 0 bridgehead atoms. The minimum absolute atomic E-state index is 0.481. The first-order chi connectivity index (χ1) is 9.86. The summed E-state index contributed by atoms with van der Waals surface area (Å²) in [4.78, 5) is 4.61. The molecule has 3 aromatic rings. The van der Waals surface area contributed by atoms with Gasteiger partial charge in [-0.25, -0.2) is 4.98 Å². The number of halogens is 1. The summed E-state index contributed by atoms with van der Waals surface area (Å²) in [6.07, 6.45) is 0. The maximum atomic E-state index is 5.87. The van der Waals surface area contributed by atoms with Gasteiger partial charge in [0.15, 0.2) is 0 Å². The Bertz CT molecular complexity index is 727. The molecular formula is C17H14BrNO. The number of aromatic nitrogens is 1. The lowest BCUT2D eigenvalue weighted by atomic mass is 10.2. The topological polar surface area (TPSA) is 22.1 Å². The first kappa shape index (κ1) is 13.1. The van der Waals surface area contributed by atoms with Crippen molar-refractivity contribution in [1.29, 1.82) is 0 Å². The largest absolute Gasteiger partial charge is 0.487 e. The highest BCUT2D eigenvalue weighted by Gasteiger charge is 2.03. The molecular weight excluding hydrogens is 314 g/mol. The van der Waals surface area contributed by atoms with E-state index in [1.54, 1.807) is 0 Å². The van der Waals surface area contributed by atoms with E-state index in [9.17, 15) is 0 Å². The second kappa shape index (κ2) is 6.06. The van der Waals surface area contributed by atoms with Crippen LogP contribution in [0, 0.1) is 0 Å². The molecule has 0 radical (unpaired) electrons. The highest BCUT2D eigenvalue weighted by molar-refractivity contribution is 9.08. The van der Waals surface area contributed by atoms with Crippen LogP contribution in [0.4, 0.5) is 0 Å². The monoisotopic (exact) mass is 327 g/mol. The van der Waals surface area contributed by atoms with Crippen LogP contribution in [0.25, 0.3) is 10.9 Å². The van der Waals surface area contributed by atoms with Crippen molar-refractivity contribution in [2.75, 3.05) is 0 Å². The zero-order valence-corrected chi connectivity index (χ0v) is 12.5. The Labute approximate surface area is 126 Å². The number of hydrogen-bond acceptors (Lipinski definition) is 2. The van der Waals surface area contributed by atoms with E-state index in [0.29, 0.717) is 6.61 Å². The number of rotatable bonds is 4. The summed E-state index contributed by atoms with van der Waals surface area (Å²) in [6.45, 7) is 0.481. The molecule has 0 fully saturated rings. The van der Waals surface area contributed by atoms with Crippen molar-refractivity contribution in [3.05, 3.63) is 71.9 Å². The molecule has 0 unspecified atom stereocenters. The molecule has 2 nitrogen and oxygen atoms in total. The van der Waals surface area contributed by atoms with Crippen LogP contribution in [0.5, 0.6) is 5.75 Å². The van der Waals surface area contributed by atoms with Crippen LogP contribution in [0.1, 0.15) is 11.3 Å². The van der Waals surface area contributed by atoms with Gasteiger partial charge in [-0.2, -0.15) is 0 Å². The van der Waals surface area contributed by atoms with Crippen molar-refractivity contribution in [3.8, 4) is 5.75 Å². The van der Waals surface area contributed by atoms with Gasteiger partial charge in [-0.1, -0.05) is 58.4 Å². The SMILES string of the molecule is BrCc1ccccc1OCc1ccc2ccccc2n1. The molecule has 1 heterocycles. The smallest absolute Gasteiger partial charge is 0.130 e. The quantitative estimate of drug-likeness (QED) is 0.647. The number of nitrogens with zero attached hydrogens (tertiary/aromatic N) is 1. The number of fused-ring (bicyclic) bond motifs is 1. The fourth-order valence-corrected chi connectivity index (χ4v) is 2.56. The Morgan fingerprint density at radius 3 is 2.60 bits per heavy atom. The average molecular weight is 328 g/mol. The normalized spacial score (nSPS) is 10.7. The molecule has 0 amide bonds. The van der Waals surface area contributed by atoms with E-state index in [2.05, 4.69) is 39.1 Å². The fourth-order valence-electron chi connectivity index (χ4n) is 2.10. The van der Waals surface area contributed by atoms with Gasteiger partial charge in [0.2, 0.25) is 0 Å². The van der Waals surface area contributed by atoms with Crippen LogP contribution in [-0.4, -0.2) is 4.98 Å². The molecule has 0 saturated heterocycles. The molecule has 0 spiro atoms. The van der Waals surface area contributed by atoms with Crippen LogP contribution < -0.4 is 4.74 Å². The second-order valence-electron chi connectivity index (χ2n) is 4.53. The van der Waals surface area contributed by atoms with E-state index in [-0.39, 0.29) is 0 Å². The van der Waals surface area contributed by atoms with E-state index in [1.807, 2.05) is 42.5 Å². The Morgan fingerprint density at radius 1 is 0.900 bits per heavy atom. The summed E-state index contributed by atoms with van der Waals surface area (Å²) in [5.41, 5.74) is 3.09. The zero-order chi connectivity index (χ0) is 13.8. The first-order valence-corrected chi connectivity index (χ1v) is 7.60. The first-order valence-electron chi connectivity index (χ1n) is 6.48. The molecule has 0 aliphatic carbocycles. The highest BCUT2D eigenvalue weighted by Crippen LogP contribution is 2.21. The Morgan fingerprint density at radius 2 is 1.70 bits per heavy atom. The van der Waals surface area contributed by atoms with Gasteiger partial charge in [0, 0.05) is 16.3 Å². The predicted molar refractivity (Wildman–Crippen MR) is 85.1 cm³/mol. The van der Waals surface area contributed by atoms with Gasteiger partial charge >= 0.3 is 0 Å². The lowest BCUT2D eigenvalue weighted by Crippen LogP contribution is -2.00. The van der Waals surface area contributed by atoms with Crippen LogP contribution in [0.2, 0.25) is 0 Å². The summed E-state index contributed by atoms with van der Waals surface area (Å²) < 4.78 is 5.87. The highest BCUT2D eigenvalue weighted by atomic mass is 79.9. The van der Waals surface area contributed by atoms with Crippen molar-refractivity contribution < 1.29 is 4.74 Å². The van der Waals surface area contributed by atoms with Gasteiger partial charge in [-0.05, 0) is 18.2 Å². The minimum Gasteiger partial charge on any atom is -0.487 e. The lowest BCUT2D eigenvalue weighted by molar-refractivity contribution is 0.299. The maximum Gasteiger partial charge on any atom is 0.130 e. The molecule has 0 atom stereocenters. The fraction of sp³-hybridized carbons (Fsp3) is 0.118. The van der Waals surface area contributed by atoms with Crippen molar-refractivity contribution in [1.82, 2.24) is 4.98 Å². The number of alkyl halides is 1. The van der Waals surface area contributed by atoms with Crippen LogP contribution in [0.3, 0.4) is 0 Å². The van der Waals surface area contributed by atoms with E-state index >= 15 is 0 Å². The minimum atomic E-state index is 0.481. The molecule has 0 aliphatic heterocycles. The summed E-state index contributed by atoms with van der Waals surface area (Å²) in [6, 6.07) is 20.2. The molecule has 3 heteroatoms. The molecule has 0 N–H and O–H groups in total. The molecule has 2 aromatic carbocycles. The van der Waals surface area contributed by atoms with Crippen molar-refractivity contribution >= 4 is 26.8 Å². The molecule has 0 aliphatic rings. The van der Waals surface area contributed by atoms with Gasteiger partial charge in [0.25, 0.3) is 0 Å². The van der Waals surface area contributed by atoms with E-state index in [0.717, 1.165) is 33.2 Å². The third-order valence-electron chi connectivity index (χ3n) is 3.15. The van der Waals surface area contributed by atoms with E-state index < -0.39 is 0 Å². The molecule has 20 heavy (non-hydrogen) atoms. The summed E-state index contributed by atoms with van der Waals surface area (Å²) in [5, 5.41) is 1.94. The standard InChI is InChI=1S/C17H14BrNO/c18-11-14-6-2-4-8-17(14)20-12-15-10-9-13-5-1-3-7-16(13)19-15/h1-10H,11-12H2. The third kappa shape index (κ3) is 2.83. The Kier molecular flexibility index (Phi) is 3.97. The van der Waals surface area contributed by atoms with Gasteiger partial charge in [-0.3, -0.25) is 0 Å². The van der Waals surface area contributed by atoms with Gasteiger partial charge in [0.1, 0.15) is 12.4 Å². The van der Waals surface area contributed by atoms with Crippen LogP contribution >= 0.6 is 15.9 Å². The molecule has 1 aromatic heterocycles. The van der Waals surface area contributed by atoms with E-state index in [1.165, 1.54) is 0 Å². The zero-order valence-electron chi connectivity index (χ0n) is 10.9. The maximum absolute atomic E-state index is 5.87. The van der Waals surface area contributed by atoms with Crippen LogP contribution in [0.15, 0.2) is 60.7 Å². The third-order valence-corrected chi connectivity index (χ3v) is 3.75. The van der Waals surface area contributed by atoms with Gasteiger partial charge in [-0.15, -0.1) is 0 Å². The molecule has 3 rings (SSSR count). The number of pyridine rings is 1. The van der Waals surface area contributed by atoms with E-state index in [4.69, 9.17) is 4.74 Å². The Hall–Kier alpha value is -1.87. The number of ether oxygens (including phenoxy) is 1. The molecule has 100 valence electrons. The second-order valence-corrected chi connectivity index (χ2v) is 5.09. The van der Waals surface area contributed by atoms with Crippen molar-refractivity contribution in [3.63, 3.8) is 0 Å². The average Bonchev–Trinajstić information content (AvgIpc) is 2.53. The number of benzene rings is 2. The number of para-hydroxylation sites is 2. The summed E-state index contributed by atoms with van der Waals surface area (Å²) >= 11 is 3.47. The van der Waals surface area contributed by atoms with Crippen LogP contribution in [-0.2, 0) is 11.9 Å². The number of hydrogen-bond donors (Lipinski definition) is 0. The lowest BCUT2D eigenvalue weighted by Gasteiger charge is -2.09. The van der Waals surface area contributed by atoms with Crippen molar-refractivity contribution in [2.24, 2.45) is 0 Å². The molecule has 0 saturated carbocycles. The van der Waals surface area contributed by atoms with Gasteiger partial charge in [0.05, 0.1) is 11.2 Å². The predicted octanol–water partition coefficient (Wildman–Crippen LogP) is 4.71.